The zero-order valence-corrected chi connectivity index (χ0v) is 11.6. The maximum atomic E-state index is 11.8. The summed E-state index contributed by atoms with van der Waals surface area (Å²) in [7, 11) is 0. The molecule has 3 N–H and O–H groups in total. The molecular weight excluding hydrogens is 282 g/mol. The second-order valence-electron chi connectivity index (χ2n) is 4.61. The van der Waals surface area contributed by atoms with Crippen molar-refractivity contribution in [1.82, 2.24) is 10.4 Å². The molecule has 1 aromatic rings. The summed E-state index contributed by atoms with van der Waals surface area (Å²) in [4.78, 5) is 22.7. The van der Waals surface area contributed by atoms with Crippen molar-refractivity contribution in [2.24, 2.45) is 0 Å². The molecule has 0 atom stereocenters. The maximum Gasteiger partial charge on any atom is 0.335 e. The predicted molar refractivity (Wildman–Crippen MR) is 76.0 cm³/mol. The Bertz CT molecular complexity index is 516. The first kappa shape index (κ1) is 14.6. The van der Waals surface area contributed by atoms with E-state index < -0.39 is 12.0 Å². The second-order valence-corrected chi connectivity index (χ2v) is 5.02. The number of piperidine rings is 1. The summed E-state index contributed by atoms with van der Waals surface area (Å²) in [6.45, 7) is 1.63. The highest BCUT2D eigenvalue weighted by molar-refractivity contribution is 6.33. The molecule has 7 heteroatoms. The van der Waals surface area contributed by atoms with Gasteiger partial charge in [0.25, 0.3) is 0 Å². The zero-order chi connectivity index (χ0) is 14.5. The fraction of sp³-hybridized carbons (Fsp3) is 0.385. The van der Waals surface area contributed by atoms with E-state index in [-0.39, 0.29) is 11.3 Å². The van der Waals surface area contributed by atoms with E-state index in [2.05, 4.69) is 10.7 Å². The van der Waals surface area contributed by atoms with Crippen molar-refractivity contribution in [2.75, 3.05) is 18.4 Å². The van der Waals surface area contributed by atoms with Crippen LogP contribution in [-0.4, -0.2) is 35.2 Å². The molecule has 0 spiro atoms. The van der Waals surface area contributed by atoms with Gasteiger partial charge in [-0.05, 0) is 31.0 Å². The summed E-state index contributed by atoms with van der Waals surface area (Å²) in [5, 5.41) is 13.6. The Morgan fingerprint density at radius 3 is 2.55 bits per heavy atom. The van der Waals surface area contributed by atoms with E-state index in [1.807, 2.05) is 5.01 Å². The van der Waals surface area contributed by atoms with Gasteiger partial charge in [0, 0.05) is 13.1 Å². The first-order valence-corrected chi connectivity index (χ1v) is 6.79. The van der Waals surface area contributed by atoms with Crippen molar-refractivity contribution in [1.29, 1.82) is 0 Å². The van der Waals surface area contributed by atoms with Crippen LogP contribution in [0.25, 0.3) is 0 Å². The topological polar surface area (TPSA) is 81.7 Å². The van der Waals surface area contributed by atoms with Gasteiger partial charge in [-0.2, -0.15) is 0 Å². The molecule has 108 valence electrons. The highest BCUT2D eigenvalue weighted by atomic mass is 35.5. The molecular formula is C13H16ClN3O3. The number of nitrogens with zero attached hydrogens (tertiary/aromatic N) is 1. The third-order valence-electron chi connectivity index (χ3n) is 3.08. The van der Waals surface area contributed by atoms with Crippen LogP contribution in [0.2, 0.25) is 5.02 Å². The molecule has 2 rings (SSSR count). The molecule has 1 fully saturated rings. The lowest BCUT2D eigenvalue weighted by Crippen LogP contribution is -2.46. The number of carbonyl (C=O) groups excluding carboxylic acids is 1. The number of nitrogens with one attached hydrogen (secondary N) is 2. The average Bonchev–Trinajstić information content (AvgIpc) is 2.42. The highest BCUT2D eigenvalue weighted by Crippen LogP contribution is 2.23. The van der Waals surface area contributed by atoms with Crippen LogP contribution in [0.15, 0.2) is 18.2 Å². The molecule has 1 aliphatic heterocycles. The average molecular weight is 298 g/mol. The number of hydrogen-bond acceptors (Lipinski definition) is 3. The predicted octanol–water partition coefficient (Wildman–Crippen LogP) is 2.56. The van der Waals surface area contributed by atoms with Crippen molar-refractivity contribution in [3.8, 4) is 0 Å². The van der Waals surface area contributed by atoms with Gasteiger partial charge >= 0.3 is 12.0 Å². The molecule has 1 aliphatic rings. The molecule has 2 amide bonds. The molecule has 1 aromatic carbocycles. The minimum atomic E-state index is -1.07. The molecule has 6 nitrogen and oxygen atoms in total. The fourth-order valence-corrected chi connectivity index (χ4v) is 2.22. The summed E-state index contributed by atoms with van der Waals surface area (Å²) in [5.74, 6) is -1.07. The van der Waals surface area contributed by atoms with Gasteiger partial charge in [0.1, 0.15) is 0 Å². The van der Waals surface area contributed by atoms with E-state index in [9.17, 15) is 9.59 Å². The van der Waals surface area contributed by atoms with E-state index >= 15 is 0 Å². The molecule has 0 unspecified atom stereocenters. The third kappa shape index (κ3) is 3.85. The number of halogens is 1. The van der Waals surface area contributed by atoms with Crippen molar-refractivity contribution < 1.29 is 14.7 Å². The number of anilines is 1. The normalized spacial score (nSPS) is 15.7. The van der Waals surface area contributed by atoms with E-state index in [1.54, 1.807) is 0 Å². The van der Waals surface area contributed by atoms with E-state index in [4.69, 9.17) is 16.7 Å². The Hall–Kier alpha value is -1.79. The molecule has 20 heavy (non-hydrogen) atoms. The van der Waals surface area contributed by atoms with Crippen LogP contribution in [0.3, 0.4) is 0 Å². The van der Waals surface area contributed by atoms with Gasteiger partial charge in [-0.25, -0.2) is 14.6 Å². The Morgan fingerprint density at radius 2 is 1.90 bits per heavy atom. The first-order valence-electron chi connectivity index (χ1n) is 6.41. The number of urea groups is 1. The second kappa shape index (κ2) is 6.58. The molecule has 0 bridgehead atoms. The highest BCUT2D eigenvalue weighted by Gasteiger charge is 2.14. The van der Waals surface area contributed by atoms with Gasteiger partial charge in [-0.3, -0.25) is 5.43 Å². The first-order chi connectivity index (χ1) is 9.56. The van der Waals surface area contributed by atoms with Crippen LogP contribution in [0.1, 0.15) is 29.6 Å². The number of benzene rings is 1. The molecule has 1 heterocycles. The number of rotatable bonds is 3. The van der Waals surface area contributed by atoms with E-state index in [0.29, 0.717) is 5.02 Å². The Labute approximate surface area is 121 Å². The summed E-state index contributed by atoms with van der Waals surface area (Å²) in [5.41, 5.74) is 3.07. The van der Waals surface area contributed by atoms with Crippen molar-refractivity contribution in [3.05, 3.63) is 28.8 Å². The Kier molecular flexibility index (Phi) is 4.81. The monoisotopic (exact) mass is 297 g/mol. The Morgan fingerprint density at radius 1 is 1.20 bits per heavy atom. The SMILES string of the molecule is O=C(Nc1cc(C(=O)O)ccc1Cl)NN1CCCCC1. The minimum absolute atomic E-state index is 0.0719. The van der Waals surface area contributed by atoms with Crippen molar-refractivity contribution in [2.45, 2.75) is 19.3 Å². The summed E-state index contributed by atoms with van der Waals surface area (Å²) in [6, 6.07) is 3.75. The van der Waals surface area contributed by atoms with Crippen LogP contribution in [0, 0.1) is 0 Å². The summed E-state index contributed by atoms with van der Waals surface area (Å²) in [6.07, 6.45) is 3.28. The summed E-state index contributed by atoms with van der Waals surface area (Å²) < 4.78 is 0. The molecule has 0 saturated carbocycles. The van der Waals surface area contributed by atoms with Gasteiger partial charge in [0.15, 0.2) is 0 Å². The lowest BCUT2D eigenvalue weighted by atomic mass is 10.2. The van der Waals surface area contributed by atoms with Gasteiger partial charge in [-0.1, -0.05) is 18.0 Å². The quantitative estimate of drug-likeness (QED) is 0.801. The fourth-order valence-electron chi connectivity index (χ4n) is 2.05. The van der Waals surface area contributed by atoms with Gasteiger partial charge in [0.2, 0.25) is 0 Å². The molecule has 0 aromatic heterocycles. The molecule has 0 radical (unpaired) electrons. The maximum absolute atomic E-state index is 11.8. The van der Waals surface area contributed by atoms with Crippen LogP contribution >= 0.6 is 11.6 Å². The van der Waals surface area contributed by atoms with E-state index in [0.717, 1.165) is 25.9 Å². The van der Waals surface area contributed by atoms with Crippen LogP contribution < -0.4 is 10.7 Å². The summed E-state index contributed by atoms with van der Waals surface area (Å²) >= 11 is 5.94. The number of hydrazine groups is 1. The van der Waals surface area contributed by atoms with Crippen molar-refractivity contribution >= 4 is 29.3 Å². The molecule has 0 aliphatic carbocycles. The Balaban J connectivity index is 1.99. The van der Waals surface area contributed by atoms with Gasteiger partial charge < -0.3 is 10.4 Å². The number of amides is 2. The van der Waals surface area contributed by atoms with Crippen molar-refractivity contribution in [3.63, 3.8) is 0 Å². The number of hydrogen-bond donors (Lipinski definition) is 3. The number of carboxylic acid groups (broad SMARTS) is 1. The largest absolute Gasteiger partial charge is 0.478 e. The minimum Gasteiger partial charge on any atom is -0.478 e. The lowest BCUT2D eigenvalue weighted by molar-refractivity contribution is 0.0697. The molecule has 1 saturated heterocycles. The third-order valence-corrected chi connectivity index (χ3v) is 3.41. The van der Waals surface area contributed by atoms with Crippen LogP contribution in [0.5, 0.6) is 0 Å². The number of aromatic carboxylic acids is 1. The van der Waals surface area contributed by atoms with Gasteiger partial charge in [-0.15, -0.1) is 0 Å². The zero-order valence-electron chi connectivity index (χ0n) is 10.9. The standard InChI is InChI=1S/C13H16ClN3O3/c14-10-5-4-9(12(18)19)8-11(10)15-13(20)16-17-6-2-1-3-7-17/h4-5,8H,1-3,6-7H2,(H,18,19)(H2,15,16,20). The van der Waals surface area contributed by atoms with E-state index in [1.165, 1.54) is 24.6 Å². The smallest absolute Gasteiger partial charge is 0.335 e. The van der Waals surface area contributed by atoms with Crippen LogP contribution in [-0.2, 0) is 0 Å². The van der Waals surface area contributed by atoms with Crippen LogP contribution in [0.4, 0.5) is 10.5 Å². The lowest BCUT2D eigenvalue weighted by Gasteiger charge is -2.26. The van der Waals surface area contributed by atoms with Gasteiger partial charge in [0.05, 0.1) is 16.3 Å². The number of carbonyl (C=O) groups is 2. The number of carboxylic acids is 1.